The quantitative estimate of drug-likeness (QED) is 0.854. The van der Waals surface area contributed by atoms with Crippen LogP contribution in [0.3, 0.4) is 0 Å². The van der Waals surface area contributed by atoms with Crippen molar-refractivity contribution in [1.82, 2.24) is 15.8 Å². The van der Waals surface area contributed by atoms with Gasteiger partial charge in [0, 0.05) is 43.4 Å². The van der Waals surface area contributed by atoms with Gasteiger partial charge in [-0.25, -0.2) is 5.43 Å². The zero-order chi connectivity index (χ0) is 18.8. The third kappa shape index (κ3) is 3.95. The minimum atomic E-state index is -0.100. The highest BCUT2D eigenvalue weighted by molar-refractivity contribution is 6.30. The Kier molecular flexibility index (Phi) is 5.34. The number of nitrogens with one attached hydrogen (secondary N) is 2. The standard InChI is InChI=1S/C21H25ClN4O/c1-15-3-2-4-18(13-15)25-9-11-26(12-10-25)21(27)19-14-23-24-20(19)16-5-7-17(22)8-6-16/h2-8,13,19-20,23-24H,9-12,14H2,1H3. The summed E-state index contributed by atoms with van der Waals surface area (Å²) in [6, 6.07) is 16.3. The zero-order valence-electron chi connectivity index (χ0n) is 15.5. The Hall–Kier alpha value is -2.08. The number of rotatable bonds is 3. The molecule has 5 nitrogen and oxygen atoms in total. The number of amides is 1. The molecule has 2 aromatic carbocycles. The van der Waals surface area contributed by atoms with Crippen LogP contribution in [0.1, 0.15) is 17.2 Å². The summed E-state index contributed by atoms with van der Waals surface area (Å²) in [6.07, 6.45) is 0. The van der Waals surface area contributed by atoms with E-state index >= 15 is 0 Å². The zero-order valence-corrected chi connectivity index (χ0v) is 16.2. The first kappa shape index (κ1) is 18.3. The highest BCUT2D eigenvalue weighted by Gasteiger charge is 2.37. The first-order chi connectivity index (χ1) is 13.1. The summed E-state index contributed by atoms with van der Waals surface area (Å²) in [5, 5.41) is 0.708. The maximum Gasteiger partial charge on any atom is 0.229 e. The molecule has 27 heavy (non-hydrogen) atoms. The van der Waals surface area contributed by atoms with Crippen LogP contribution in [0.5, 0.6) is 0 Å². The summed E-state index contributed by atoms with van der Waals surface area (Å²) in [7, 11) is 0. The number of hydrogen-bond acceptors (Lipinski definition) is 4. The van der Waals surface area contributed by atoms with Crippen molar-refractivity contribution in [3.63, 3.8) is 0 Å². The maximum atomic E-state index is 13.1. The molecular formula is C21H25ClN4O. The van der Waals surface area contributed by atoms with E-state index in [1.165, 1.54) is 11.3 Å². The molecule has 0 spiro atoms. The summed E-state index contributed by atoms with van der Waals surface area (Å²) in [5.74, 6) is 0.119. The lowest BCUT2D eigenvalue weighted by atomic mass is 9.93. The lowest BCUT2D eigenvalue weighted by Crippen LogP contribution is -2.51. The molecule has 6 heteroatoms. The van der Waals surface area contributed by atoms with Crippen LogP contribution in [0, 0.1) is 12.8 Å². The van der Waals surface area contributed by atoms with Crippen LogP contribution in [0.4, 0.5) is 5.69 Å². The number of carbonyl (C=O) groups excluding carboxylic acids is 1. The Labute approximate surface area is 165 Å². The van der Waals surface area contributed by atoms with Crippen molar-refractivity contribution in [3.05, 3.63) is 64.7 Å². The molecule has 1 amide bonds. The number of benzene rings is 2. The Bertz CT molecular complexity index is 802. The molecule has 2 N–H and O–H groups in total. The van der Waals surface area contributed by atoms with Crippen LogP contribution in [0.15, 0.2) is 48.5 Å². The summed E-state index contributed by atoms with van der Waals surface area (Å²) in [5.41, 5.74) is 10.00. The second kappa shape index (κ2) is 7.89. The smallest absolute Gasteiger partial charge is 0.229 e. The third-order valence-electron chi connectivity index (χ3n) is 5.49. The monoisotopic (exact) mass is 384 g/mol. The normalized spacial score (nSPS) is 22.9. The molecule has 2 aliphatic rings. The topological polar surface area (TPSA) is 47.6 Å². The largest absolute Gasteiger partial charge is 0.368 e. The average Bonchev–Trinajstić information content (AvgIpc) is 3.18. The average molecular weight is 385 g/mol. The van der Waals surface area contributed by atoms with Crippen LogP contribution in [-0.4, -0.2) is 43.5 Å². The van der Waals surface area contributed by atoms with Gasteiger partial charge in [0.1, 0.15) is 0 Å². The van der Waals surface area contributed by atoms with Crippen LogP contribution >= 0.6 is 11.6 Å². The Morgan fingerprint density at radius 3 is 2.52 bits per heavy atom. The van der Waals surface area contributed by atoms with Gasteiger partial charge in [-0.1, -0.05) is 35.9 Å². The maximum absolute atomic E-state index is 13.1. The molecule has 0 aromatic heterocycles. The van der Waals surface area contributed by atoms with E-state index in [2.05, 4.69) is 46.9 Å². The van der Waals surface area contributed by atoms with Crippen molar-refractivity contribution >= 4 is 23.2 Å². The molecule has 2 atom stereocenters. The Morgan fingerprint density at radius 2 is 1.81 bits per heavy atom. The van der Waals surface area contributed by atoms with Gasteiger partial charge in [-0.3, -0.25) is 10.2 Å². The van der Waals surface area contributed by atoms with Gasteiger partial charge >= 0.3 is 0 Å². The number of carbonyl (C=O) groups is 1. The van der Waals surface area contributed by atoms with Crippen LogP contribution < -0.4 is 15.8 Å². The molecule has 0 bridgehead atoms. The van der Waals surface area contributed by atoms with E-state index in [0.29, 0.717) is 11.6 Å². The van der Waals surface area contributed by atoms with Crippen molar-refractivity contribution in [1.29, 1.82) is 0 Å². The molecule has 2 aliphatic heterocycles. The fourth-order valence-electron chi connectivity index (χ4n) is 3.96. The molecule has 4 rings (SSSR count). The molecule has 142 valence electrons. The van der Waals surface area contributed by atoms with Gasteiger partial charge in [-0.05, 0) is 42.3 Å². The van der Waals surface area contributed by atoms with Crippen LogP contribution in [0.2, 0.25) is 5.02 Å². The summed E-state index contributed by atoms with van der Waals surface area (Å²) in [6.45, 7) is 6.01. The Morgan fingerprint density at radius 1 is 1.07 bits per heavy atom. The van der Waals surface area contributed by atoms with E-state index in [9.17, 15) is 4.79 Å². The molecule has 2 heterocycles. The fourth-order valence-corrected chi connectivity index (χ4v) is 4.08. The number of hydrogen-bond donors (Lipinski definition) is 2. The van der Waals surface area contributed by atoms with Crippen molar-refractivity contribution in [2.45, 2.75) is 13.0 Å². The number of piperazine rings is 1. The van der Waals surface area contributed by atoms with Gasteiger partial charge in [0.15, 0.2) is 0 Å². The number of hydrazine groups is 1. The van der Waals surface area contributed by atoms with Gasteiger partial charge in [-0.15, -0.1) is 0 Å². The lowest BCUT2D eigenvalue weighted by Gasteiger charge is -2.37. The van der Waals surface area contributed by atoms with Crippen molar-refractivity contribution in [2.75, 3.05) is 37.6 Å². The third-order valence-corrected chi connectivity index (χ3v) is 5.74. The van der Waals surface area contributed by atoms with E-state index in [0.717, 1.165) is 31.7 Å². The summed E-state index contributed by atoms with van der Waals surface area (Å²) < 4.78 is 0. The predicted octanol–water partition coefficient (Wildman–Crippen LogP) is 2.76. The molecule has 2 saturated heterocycles. The van der Waals surface area contributed by atoms with Crippen LogP contribution in [-0.2, 0) is 4.79 Å². The number of anilines is 1. The van der Waals surface area contributed by atoms with Crippen molar-refractivity contribution in [2.24, 2.45) is 5.92 Å². The first-order valence-corrected chi connectivity index (χ1v) is 9.84. The van der Waals surface area contributed by atoms with Crippen molar-refractivity contribution in [3.8, 4) is 0 Å². The first-order valence-electron chi connectivity index (χ1n) is 9.46. The second-order valence-electron chi connectivity index (χ2n) is 7.31. The van der Waals surface area contributed by atoms with E-state index in [1.54, 1.807) is 0 Å². The van der Waals surface area contributed by atoms with E-state index < -0.39 is 0 Å². The van der Waals surface area contributed by atoms with Gasteiger partial charge in [0.2, 0.25) is 5.91 Å². The summed E-state index contributed by atoms with van der Waals surface area (Å²) >= 11 is 6.00. The van der Waals surface area contributed by atoms with E-state index in [4.69, 9.17) is 11.6 Å². The second-order valence-corrected chi connectivity index (χ2v) is 7.75. The van der Waals surface area contributed by atoms with Gasteiger partial charge in [0.25, 0.3) is 0 Å². The molecule has 0 radical (unpaired) electrons. The fraction of sp³-hybridized carbons (Fsp3) is 0.381. The molecule has 2 unspecified atom stereocenters. The van der Waals surface area contributed by atoms with E-state index in [-0.39, 0.29) is 17.9 Å². The van der Waals surface area contributed by atoms with E-state index in [1.807, 2.05) is 29.2 Å². The number of halogens is 1. The molecular weight excluding hydrogens is 360 g/mol. The van der Waals surface area contributed by atoms with Gasteiger partial charge in [0.05, 0.1) is 12.0 Å². The molecule has 0 saturated carbocycles. The SMILES string of the molecule is Cc1cccc(N2CCN(C(=O)C3CNNC3c3ccc(Cl)cc3)CC2)c1. The minimum Gasteiger partial charge on any atom is -0.368 e. The molecule has 0 aliphatic carbocycles. The van der Waals surface area contributed by atoms with Gasteiger partial charge < -0.3 is 9.80 Å². The Balaban J connectivity index is 1.40. The highest BCUT2D eigenvalue weighted by atomic mass is 35.5. The van der Waals surface area contributed by atoms with Gasteiger partial charge in [-0.2, -0.15) is 0 Å². The summed E-state index contributed by atoms with van der Waals surface area (Å²) in [4.78, 5) is 17.5. The lowest BCUT2D eigenvalue weighted by molar-refractivity contribution is -0.135. The molecule has 2 fully saturated rings. The highest BCUT2D eigenvalue weighted by Crippen LogP contribution is 2.28. The number of nitrogens with zero attached hydrogens (tertiary/aromatic N) is 2. The van der Waals surface area contributed by atoms with Crippen molar-refractivity contribution < 1.29 is 4.79 Å². The predicted molar refractivity (Wildman–Crippen MR) is 109 cm³/mol. The van der Waals surface area contributed by atoms with Crippen LogP contribution in [0.25, 0.3) is 0 Å². The molecule has 2 aromatic rings. The minimum absolute atomic E-state index is 0.0235. The number of aryl methyl sites for hydroxylation is 1.